The standard InChI is InChI=1S/C19H26BrFN2O/c1-3-4-13-24-14-7-5-6-12-23-19(18(20)15(2)22-23)16-8-10-17(21)11-9-16/h8-11H,3-7,12-14H2,1-2H3. The number of benzene rings is 1. The van der Waals surface area contributed by atoms with Gasteiger partial charge in [-0.3, -0.25) is 4.68 Å². The fourth-order valence-corrected chi connectivity index (χ4v) is 3.11. The third kappa shape index (κ3) is 5.42. The summed E-state index contributed by atoms with van der Waals surface area (Å²) in [6, 6.07) is 6.58. The van der Waals surface area contributed by atoms with Crippen LogP contribution in [0.1, 0.15) is 44.7 Å². The summed E-state index contributed by atoms with van der Waals surface area (Å²) < 4.78 is 21.8. The number of hydrogen-bond acceptors (Lipinski definition) is 2. The summed E-state index contributed by atoms with van der Waals surface area (Å²) in [4.78, 5) is 0. The number of unbranched alkanes of at least 4 members (excludes halogenated alkanes) is 3. The van der Waals surface area contributed by atoms with Gasteiger partial charge in [0.15, 0.2) is 0 Å². The largest absolute Gasteiger partial charge is 0.381 e. The molecule has 0 bridgehead atoms. The summed E-state index contributed by atoms with van der Waals surface area (Å²) >= 11 is 3.62. The summed E-state index contributed by atoms with van der Waals surface area (Å²) in [5, 5.41) is 4.61. The average Bonchev–Trinajstić information content (AvgIpc) is 2.85. The molecule has 0 atom stereocenters. The van der Waals surface area contributed by atoms with Crippen LogP contribution >= 0.6 is 15.9 Å². The van der Waals surface area contributed by atoms with Gasteiger partial charge in [0.25, 0.3) is 0 Å². The highest BCUT2D eigenvalue weighted by Crippen LogP contribution is 2.31. The van der Waals surface area contributed by atoms with Crippen molar-refractivity contribution in [2.45, 2.75) is 52.5 Å². The Morgan fingerprint density at radius 3 is 2.50 bits per heavy atom. The molecule has 1 aromatic heterocycles. The molecule has 0 fully saturated rings. The second-order valence-electron chi connectivity index (χ2n) is 6.00. The van der Waals surface area contributed by atoms with Gasteiger partial charge in [-0.15, -0.1) is 0 Å². The molecule has 0 aliphatic rings. The summed E-state index contributed by atoms with van der Waals surface area (Å²) in [7, 11) is 0. The normalized spacial score (nSPS) is 11.2. The lowest BCUT2D eigenvalue weighted by Gasteiger charge is -2.09. The molecule has 1 heterocycles. The molecule has 0 unspecified atom stereocenters. The number of rotatable bonds is 10. The Hall–Kier alpha value is -1.20. The molecule has 132 valence electrons. The van der Waals surface area contributed by atoms with Crippen LogP contribution < -0.4 is 0 Å². The molecular weight excluding hydrogens is 371 g/mol. The number of nitrogens with zero attached hydrogens (tertiary/aromatic N) is 2. The maximum atomic E-state index is 13.2. The lowest BCUT2D eigenvalue weighted by atomic mass is 10.1. The molecular formula is C19H26BrFN2O. The second-order valence-corrected chi connectivity index (χ2v) is 6.80. The highest BCUT2D eigenvalue weighted by molar-refractivity contribution is 9.10. The average molecular weight is 397 g/mol. The Bertz CT molecular complexity index is 625. The summed E-state index contributed by atoms with van der Waals surface area (Å²) in [6.07, 6.45) is 5.57. The van der Waals surface area contributed by atoms with Crippen LogP contribution in [0.5, 0.6) is 0 Å². The molecule has 0 aliphatic carbocycles. The van der Waals surface area contributed by atoms with Gasteiger partial charge in [-0.05, 0) is 72.8 Å². The predicted octanol–water partition coefficient (Wildman–Crippen LogP) is 5.75. The summed E-state index contributed by atoms with van der Waals surface area (Å²) in [6.45, 7) is 6.72. The highest BCUT2D eigenvalue weighted by Gasteiger charge is 2.14. The number of ether oxygens (including phenoxy) is 1. The third-order valence-corrected chi connectivity index (χ3v) is 4.92. The number of aromatic nitrogens is 2. The van der Waals surface area contributed by atoms with E-state index in [9.17, 15) is 4.39 Å². The van der Waals surface area contributed by atoms with Crippen molar-refractivity contribution >= 4 is 15.9 Å². The van der Waals surface area contributed by atoms with Crippen LogP contribution in [0.2, 0.25) is 0 Å². The van der Waals surface area contributed by atoms with Crippen LogP contribution in [-0.4, -0.2) is 23.0 Å². The molecule has 0 N–H and O–H groups in total. The van der Waals surface area contributed by atoms with Gasteiger partial charge in [-0.1, -0.05) is 13.3 Å². The molecule has 3 nitrogen and oxygen atoms in total. The van der Waals surface area contributed by atoms with Gasteiger partial charge < -0.3 is 4.74 Å². The van der Waals surface area contributed by atoms with E-state index < -0.39 is 0 Å². The van der Waals surface area contributed by atoms with Crippen molar-refractivity contribution in [3.05, 3.63) is 40.2 Å². The first-order valence-electron chi connectivity index (χ1n) is 8.70. The zero-order valence-corrected chi connectivity index (χ0v) is 16.1. The van der Waals surface area contributed by atoms with Crippen LogP contribution in [-0.2, 0) is 11.3 Å². The van der Waals surface area contributed by atoms with Crippen molar-refractivity contribution in [2.75, 3.05) is 13.2 Å². The lowest BCUT2D eigenvalue weighted by molar-refractivity contribution is 0.127. The van der Waals surface area contributed by atoms with Gasteiger partial charge >= 0.3 is 0 Å². The van der Waals surface area contributed by atoms with Crippen molar-refractivity contribution in [3.8, 4) is 11.3 Å². The van der Waals surface area contributed by atoms with Gasteiger partial charge in [0.2, 0.25) is 0 Å². The van der Waals surface area contributed by atoms with Gasteiger partial charge in [0.05, 0.1) is 15.9 Å². The van der Waals surface area contributed by atoms with Gasteiger partial charge in [-0.25, -0.2) is 4.39 Å². The van der Waals surface area contributed by atoms with Crippen LogP contribution in [0.4, 0.5) is 4.39 Å². The first-order chi connectivity index (χ1) is 11.6. The molecule has 0 saturated carbocycles. The molecule has 24 heavy (non-hydrogen) atoms. The van der Waals surface area contributed by atoms with Crippen molar-refractivity contribution < 1.29 is 9.13 Å². The first kappa shape index (κ1) is 19.1. The number of halogens is 2. The molecule has 0 spiro atoms. The highest BCUT2D eigenvalue weighted by atomic mass is 79.9. The molecule has 2 rings (SSSR count). The third-order valence-electron chi connectivity index (χ3n) is 3.97. The summed E-state index contributed by atoms with van der Waals surface area (Å²) in [5.74, 6) is -0.222. The smallest absolute Gasteiger partial charge is 0.123 e. The van der Waals surface area contributed by atoms with Crippen molar-refractivity contribution in [1.29, 1.82) is 0 Å². The van der Waals surface area contributed by atoms with Crippen molar-refractivity contribution in [2.24, 2.45) is 0 Å². The van der Waals surface area contributed by atoms with E-state index in [1.54, 1.807) is 12.1 Å². The zero-order chi connectivity index (χ0) is 17.4. The van der Waals surface area contributed by atoms with Crippen LogP contribution in [0, 0.1) is 12.7 Å². The van der Waals surface area contributed by atoms with Crippen LogP contribution in [0.15, 0.2) is 28.7 Å². The fourth-order valence-electron chi connectivity index (χ4n) is 2.60. The Kier molecular flexibility index (Phi) is 7.92. The Balaban J connectivity index is 1.89. The van der Waals surface area contributed by atoms with E-state index in [4.69, 9.17) is 4.74 Å². The first-order valence-corrected chi connectivity index (χ1v) is 9.49. The van der Waals surface area contributed by atoms with E-state index in [1.807, 2.05) is 11.6 Å². The van der Waals surface area contributed by atoms with E-state index in [2.05, 4.69) is 28.0 Å². The van der Waals surface area contributed by atoms with E-state index in [1.165, 1.54) is 18.6 Å². The number of aryl methyl sites for hydroxylation is 2. The second kappa shape index (κ2) is 9.94. The monoisotopic (exact) mass is 396 g/mol. The molecule has 0 amide bonds. The molecule has 5 heteroatoms. The van der Waals surface area contributed by atoms with Gasteiger partial charge in [0.1, 0.15) is 5.82 Å². The van der Waals surface area contributed by atoms with Crippen molar-refractivity contribution in [3.63, 3.8) is 0 Å². The molecule has 2 aromatic rings. The minimum atomic E-state index is -0.222. The van der Waals surface area contributed by atoms with Crippen LogP contribution in [0.3, 0.4) is 0 Å². The SMILES string of the molecule is CCCCOCCCCCn1nc(C)c(Br)c1-c1ccc(F)cc1. The quantitative estimate of drug-likeness (QED) is 0.478. The van der Waals surface area contributed by atoms with Gasteiger partial charge in [0, 0.05) is 25.3 Å². The minimum absolute atomic E-state index is 0.222. The number of hydrogen-bond donors (Lipinski definition) is 0. The zero-order valence-electron chi connectivity index (χ0n) is 14.5. The Morgan fingerprint density at radius 1 is 1.08 bits per heavy atom. The molecule has 0 radical (unpaired) electrons. The van der Waals surface area contributed by atoms with E-state index in [-0.39, 0.29) is 5.82 Å². The fraction of sp³-hybridized carbons (Fsp3) is 0.526. The Morgan fingerprint density at radius 2 is 1.79 bits per heavy atom. The van der Waals surface area contributed by atoms with E-state index in [0.29, 0.717) is 0 Å². The molecule has 0 saturated heterocycles. The topological polar surface area (TPSA) is 27.1 Å². The van der Waals surface area contributed by atoms with Crippen LogP contribution in [0.25, 0.3) is 11.3 Å². The van der Waals surface area contributed by atoms with Gasteiger partial charge in [-0.2, -0.15) is 5.10 Å². The predicted molar refractivity (Wildman–Crippen MR) is 99.6 cm³/mol. The maximum absolute atomic E-state index is 13.2. The lowest BCUT2D eigenvalue weighted by Crippen LogP contribution is -2.04. The summed E-state index contributed by atoms with van der Waals surface area (Å²) in [5.41, 5.74) is 2.95. The minimum Gasteiger partial charge on any atom is -0.381 e. The van der Waals surface area contributed by atoms with Crippen molar-refractivity contribution in [1.82, 2.24) is 9.78 Å². The van der Waals surface area contributed by atoms with E-state index >= 15 is 0 Å². The molecule has 1 aromatic carbocycles. The van der Waals surface area contributed by atoms with E-state index in [0.717, 1.165) is 66.9 Å². The Labute approximate surface area is 152 Å². The maximum Gasteiger partial charge on any atom is 0.123 e. The molecule has 0 aliphatic heterocycles.